The number of carboxylic acids is 1. The lowest BCUT2D eigenvalue weighted by Crippen LogP contribution is -2.33. The fraction of sp³-hybridized carbons (Fsp3) is 0.333. The van der Waals surface area contributed by atoms with Crippen LogP contribution in [0.5, 0.6) is 0 Å². The van der Waals surface area contributed by atoms with Crippen LogP contribution in [0, 0.1) is 5.92 Å². The van der Waals surface area contributed by atoms with Crippen molar-refractivity contribution in [1.82, 2.24) is 14.9 Å². The maximum atomic E-state index is 13.0. The number of carbonyl (C=O) groups is 3. The molecule has 1 aliphatic rings. The van der Waals surface area contributed by atoms with Crippen molar-refractivity contribution in [2.75, 3.05) is 25.0 Å². The Bertz CT molecular complexity index is 1510. The van der Waals surface area contributed by atoms with E-state index in [1.54, 1.807) is 23.6 Å². The molecule has 5 N–H and O–H groups in total. The number of rotatable bonds is 11. The number of piperidine rings is 1. The van der Waals surface area contributed by atoms with Crippen molar-refractivity contribution in [1.29, 1.82) is 0 Å². The second-order valence-electron chi connectivity index (χ2n) is 10.3. The van der Waals surface area contributed by atoms with Crippen LogP contribution in [0.2, 0.25) is 0 Å². The van der Waals surface area contributed by atoms with Gasteiger partial charge in [-0.3, -0.25) is 19.8 Å². The van der Waals surface area contributed by atoms with E-state index in [4.69, 9.17) is 5.73 Å². The predicted molar refractivity (Wildman–Crippen MR) is 156 cm³/mol. The fourth-order valence-corrected chi connectivity index (χ4v) is 6.01. The van der Waals surface area contributed by atoms with E-state index in [1.807, 2.05) is 6.07 Å². The number of thiazole rings is 1. The maximum Gasteiger partial charge on any atom is 0.352 e. The number of carbonyl (C=O) groups excluding carboxylic acids is 2. The summed E-state index contributed by atoms with van der Waals surface area (Å²) >= 11 is 1.22. The Morgan fingerprint density at radius 3 is 2.62 bits per heavy atom. The first-order valence-electron chi connectivity index (χ1n) is 13.6. The van der Waals surface area contributed by atoms with E-state index in [9.17, 15) is 19.5 Å². The number of ketones is 1. The van der Waals surface area contributed by atoms with E-state index >= 15 is 0 Å². The van der Waals surface area contributed by atoms with Crippen LogP contribution >= 0.6 is 11.3 Å². The monoisotopic (exact) mass is 559 g/mol. The first kappa shape index (κ1) is 27.7. The van der Waals surface area contributed by atoms with Gasteiger partial charge < -0.3 is 15.8 Å². The largest absolute Gasteiger partial charge is 0.477 e. The molecule has 0 radical (unpaired) electrons. The number of amides is 1. The lowest BCUT2D eigenvalue weighted by molar-refractivity contribution is 0.0689. The Morgan fingerprint density at radius 2 is 1.90 bits per heavy atom. The molecule has 1 saturated heterocycles. The van der Waals surface area contributed by atoms with Crippen molar-refractivity contribution < 1.29 is 19.5 Å². The van der Waals surface area contributed by atoms with Gasteiger partial charge in [-0.1, -0.05) is 30.3 Å². The average Bonchev–Trinajstić information content (AvgIpc) is 3.58. The van der Waals surface area contributed by atoms with Crippen LogP contribution in [0.25, 0.3) is 10.9 Å². The van der Waals surface area contributed by atoms with Gasteiger partial charge in [-0.25, -0.2) is 9.78 Å². The number of aromatic amines is 1. The zero-order valence-corrected chi connectivity index (χ0v) is 23.0. The number of Topliss-reactive ketones (excluding diaryl/α,β-unsaturated/α-hetero) is 1. The first-order valence-corrected chi connectivity index (χ1v) is 14.4. The number of carboxylic acid groups (broad SMARTS) is 1. The van der Waals surface area contributed by atoms with E-state index in [1.165, 1.54) is 16.9 Å². The molecule has 0 unspecified atom stereocenters. The summed E-state index contributed by atoms with van der Waals surface area (Å²) in [4.78, 5) is 47.4. The number of likely N-dealkylation sites (tertiary alicyclic amines) is 1. The molecule has 1 aliphatic heterocycles. The zero-order chi connectivity index (χ0) is 28.1. The number of H-pyrrole nitrogens is 1. The van der Waals surface area contributed by atoms with Crippen LogP contribution in [0.15, 0.2) is 53.9 Å². The molecular formula is C30H33N5O4S. The van der Waals surface area contributed by atoms with Gasteiger partial charge in [-0.05, 0) is 80.6 Å². The topological polar surface area (TPSA) is 141 Å². The van der Waals surface area contributed by atoms with Crippen LogP contribution in [0.1, 0.15) is 68.1 Å². The molecule has 2 aromatic carbocycles. The molecule has 0 spiro atoms. The Morgan fingerprint density at radius 1 is 1.12 bits per heavy atom. The van der Waals surface area contributed by atoms with Crippen molar-refractivity contribution in [2.45, 2.75) is 38.6 Å². The van der Waals surface area contributed by atoms with Crippen molar-refractivity contribution in [3.8, 4) is 0 Å². The Hall–Kier alpha value is -3.86. The summed E-state index contributed by atoms with van der Waals surface area (Å²) in [6.07, 6.45) is 3.53. The summed E-state index contributed by atoms with van der Waals surface area (Å²) in [5.74, 6) is -1.09. The molecular weight excluding hydrogens is 526 g/mol. The summed E-state index contributed by atoms with van der Waals surface area (Å²) in [6.45, 7) is 3.31. The van der Waals surface area contributed by atoms with E-state index in [-0.39, 0.29) is 17.4 Å². The molecule has 9 nitrogen and oxygen atoms in total. The van der Waals surface area contributed by atoms with Crippen molar-refractivity contribution >= 4 is 45.0 Å². The van der Waals surface area contributed by atoms with Crippen molar-refractivity contribution in [3.05, 3.63) is 82.0 Å². The molecule has 208 valence electrons. The van der Waals surface area contributed by atoms with Gasteiger partial charge in [0.05, 0.1) is 0 Å². The molecule has 1 fully saturated rings. The lowest BCUT2D eigenvalue weighted by Gasteiger charge is -2.31. The summed E-state index contributed by atoms with van der Waals surface area (Å²) in [5.41, 5.74) is 9.09. The highest BCUT2D eigenvalue weighted by molar-refractivity contribution is 7.14. The average molecular weight is 560 g/mol. The molecule has 0 aliphatic carbocycles. The molecule has 3 heterocycles. The van der Waals surface area contributed by atoms with Gasteiger partial charge in [0.25, 0.3) is 5.91 Å². The minimum absolute atomic E-state index is 0.00209. The predicted octanol–water partition coefficient (Wildman–Crippen LogP) is 4.95. The highest BCUT2D eigenvalue weighted by atomic mass is 32.1. The van der Waals surface area contributed by atoms with E-state index in [0.29, 0.717) is 64.6 Å². The van der Waals surface area contributed by atoms with Crippen molar-refractivity contribution in [2.24, 2.45) is 11.7 Å². The highest BCUT2D eigenvalue weighted by Crippen LogP contribution is 2.27. The molecule has 0 bridgehead atoms. The third-order valence-electron chi connectivity index (χ3n) is 7.45. The lowest BCUT2D eigenvalue weighted by atomic mass is 9.91. The molecule has 0 atom stereocenters. The maximum absolute atomic E-state index is 13.0. The second-order valence-corrected chi connectivity index (χ2v) is 11.1. The van der Waals surface area contributed by atoms with Gasteiger partial charge in [0.15, 0.2) is 10.9 Å². The van der Waals surface area contributed by atoms with E-state index in [0.717, 1.165) is 32.5 Å². The quantitative estimate of drug-likeness (QED) is 0.191. The molecule has 40 heavy (non-hydrogen) atoms. The second kappa shape index (κ2) is 12.5. The number of hydrogen-bond acceptors (Lipinski definition) is 7. The van der Waals surface area contributed by atoms with Crippen molar-refractivity contribution in [3.63, 3.8) is 0 Å². The molecule has 10 heteroatoms. The standard InChI is InChI=1S/C30H33N5O4S/c31-12-4-7-22-23-16-21(8-9-24(23)32-27(22)29(38)39)28(37)34-30-33-25(18-40-30)26(36)15-19-10-13-35(14-11-19)17-20-5-2-1-3-6-20/h1-3,5-6,8-9,16,18-19,32H,4,7,10-15,17,31H2,(H,38,39)(H,33,34,37). The van der Waals surface area contributed by atoms with Gasteiger partial charge in [0, 0.05) is 34.8 Å². The van der Waals surface area contributed by atoms with E-state index in [2.05, 4.69) is 44.5 Å². The summed E-state index contributed by atoms with van der Waals surface area (Å²) in [6, 6.07) is 15.4. The van der Waals surface area contributed by atoms with Gasteiger partial charge in [-0.2, -0.15) is 0 Å². The van der Waals surface area contributed by atoms with Crippen LogP contribution in [-0.4, -0.2) is 57.3 Å². The van der Waals surface area contributed by atoms with Gasteiger partial charge in [0.2, 0.25) is 0 Å². The summed E-state index contributed by atoms with van der Waals surface area (Å²) < 4.78 is 0. The third kappa shape index (κ3) is 6.47. The number of anilines is 1. The Labute approximate surface area is 236 Å². The van der Waals surface area contributed by atoms with Crippen LogP contribution in [-0.2, 0) is 13.0 Å². The SMILES string of the molecule is NCCCc1c(C(=O)O)[nH]c2ccc(C(=O)Nc3nc(C(=O)CC4CCN(Cc5ccccc5)CC4)cs3)cc12. The van der Waals surface area contributed by atoms with Gasteiger partial charge in [-0.15, -0.1) is 11.3 Å². The Kier molecular flexibility index (Phi) is 8.69. The normalized spacial score (nSPS) is 14.4. The van der Waals surface area contributed by atoms with Crippen LogP contribution in [0.3, 0.4) is 0 Å². The molecule has 2 aromatic heterocycles. The number of aryl methyl sites for hydroxylation is 1. The minimum Gasteiger partial charge on any atom is -0.477 e. The number of nitrogens with two attached hydrogens (primary N) is 1. The number of benzene rings is 2. The van der Waals surface area contributed by atoms with Crippen LogP contribution in [0.4, 0.5) is 5.13 Å². The van der Waals surface area contributed by atoms with Gasteiger partial charge >= 0.3 is 5.97 Å². The number of nitrogens with zero attached hydrogens (tertiary/aromatic N) is 2. The zero-order valence-electron chi connectivity index (χ0n) is 22.2. The molecule has 1 amide bonds. The van der Waals surface area contributed by atoms with Crippen LogP contribution < -0.4 is 11.1 Å². The molecule has 0 saturated carbocycles. The smallest absolute Gasteiger partial charge is 0.352 e. The number of aromatic carboxylic acids is 1. The molecule has 4 aromatic rings. The fourth-order valence-electron chi connectivity index (χ4n) is 5.30. The first-order chi connectivity index (χ1) is 19.4. The number of fused-ring (bicyclic) bond motifs is 1. The number of nitrogens with one attached hydrogen (secondary N) is 2. The molecule has 5 rings (SSSR count). The van der Waals surface area contributed by atoms with Gasteiger partial charge in [0.1, 0.15) is 11.4 Å². The number of hydrogen-bond donors (Lipinski definition) is 4. The Balaban J connectivity index is 1.18. The number of aromatic nitrogens is 2. The summed E-state index contributed by atoms with van der Waals surface area (Å²) in [5, 5.41) is 15.1. The summed E-state index contributed by atoms with van der Waals surface area (Å²) in [7, 11) is 0. The minimum atomic E-state index is -1.05. The van der Waals surface area contributed by atoms with E-state index < -0.39 is 5.97 Å². The highest BCUT2D eigenvalue weighted by Gasteiger charge is 2.24. The third-order valence-corrected chi connectivity index (χ3v) is 8.21.